The maximum absolute atomic E-state index is 5.36. The third-order valence-corrected chi connectivity index (χ3v) is 3.02. The van der Waals surface area contributed by atoms with Crippen molar-refractivity contribution >= 4 is 0 Å². The van der Waals surface area contributed by atoms with Crippen LogP contribution in [0.3, 0.4) is 0 Å². The van der Waals surface area contributed by atoms with Crippen LogP contribution in [0.4, 0.5) is 0 Å². The Labute approximate surface area is 94.2 Å². The van der Waals surface area contributed by atoms with Crippen molar-refractivity contribution in [3.8, 4) is 0 Å². The molecule has 0 aromatic carbocycles. The molecule has 1 heterocycles. The van der Waals surface area contributed by atoms with Gasteiger partial charge in [-0.25, -0.2) is 0 Å². The molecule has 0 aliphatic carbocycles. The van der Waals surface area contributed by atoms with Gasteiger partial charge in [0.05, 0.1) is 6.61 Å². The van der Waals surface area contributed by atoms with E-state index >= 15 is 0 Å². The fourth-order valence-corrected chi connectivity index (χ4v) is 2.09. The largest absolute Gasteiger partial charge is 0.380 e. The minimum Gasteiger partial charge on any atom is -0.380 e. The number of nitrogens with one attached hydrogen (secondary N) is 1. The molecule has 1 unspecified atom stereocenters. The van der Waals surface area contributed by atoms with Crippen LogP contribution in [-0.4, -0.2) is 50.8 Å². The number of ether oxygens (including phenoxy) is 1. The van der Waals surface area contributed by atoms with Crippen molar-refractivity contribution in [3.63, 3.8) is 0 Å². The monoisotopic (exact) mass is 214 g/mol. The Balaban J connectivity index is 2.09. The molecular weight excluding hydrogens is 188 g/mol. The molecule has 0 aromatic rings. The summed E-state index contributed by atoms with van der Waals surface area (Å²) in [5.74, 6) is 0. The van der Waals surface area contributed by atoms with Crippen LogP contribution in [-0.2, 0) is 4.74 Å². The lowest BCUT2D eigenvalue weighted by atomic mass is 10.1. The van der Waals surface area contributed by atoms with Gasteiger partial charge in [-0.1, -0.05) is 12.8 Å². The van der Waals surface area contributed by atoms with Crippen molar-refractivity contribution in [1.82, 2.24) is 10.2 Å². The zero-order chi connectivity index (χ0) is 10.9. The molecule has 0 amide bonds. The second-order valence-electron chi connectivity index (χ2n) is 4.46. The van der Waals surface area contributed by atoms with Crippen LogP contribution in [0.5, 0.6) is 0 Å². The maximum atomic E-state index is 5.36. The Bertz CT molecular complexity index is 145. The van der Waals surface area contributed by atoms with Gasteiger partial charge in [0, 0.05) is 25.7 Å². The van der Waals surface area contributed by atoms with Gasteiger partial charge in [0.1, 0.15) is 0 Å². The van der Waals surface area contributed by atoms with E-state index in [-0.39, 0.29) is 0 Å². The quantitative estimate of drug-likeness (QED) is 0.678. The van der Waals surface area contributed by atoms with E-state index in [0.29, 0.717) is 6.04 Å². The average molecular weight is 214 g/mol. The molecule has 0 saturated carbocycles. The molecule has 0 radical (unpaired) electrons. The maximum Gasteiger partial charge on any atom is 0.0593 e. The van der Waals surface area contributed by atoms with Crippen molar-refractivity contribution in [1.29, 1.82) is 0 Å². The van der Waals surface area contributed by atoms with E-state index in [2.05, 4.69) is 17.3 Å². The molecule has 1 atom stereocenters. The Morgan fingerprint density at radius 2 is 2.20 bits per heavy atom. The highest BCUT2D eigenvalue weighted by Gasteiger charge is 2.12. The van der Waals surface area contributed by atoms with Crippen LogP contribution in [0.1, 0.15) is 32.6 Å². The molecular formula is C12H26N2O. The molecule has 1 N–H and O–H groups in total. The second kappa shape index (κ2) is 8.08. The highest BCUT2D eigenvalue weighted by molar-refractivity contribution is 4.73. The number of nitrogens with zero attached hydrogens (tertiary/aromatic N) is 1. The molecule has 1 fully saturated rings. The van der Waals surface area contributed by atoms with E-state index in [9.17, 15) is 0 Å². The lowest BCUT2D eigenvalue weighted by molar-refractivity contribution is 0.118. The van der Waals surface area contributed by atoms with E-state index in [1.807, 2.05) is 6.92 Å². The van der Waals surface area contributed by atoms with E-state index in [1.165, 1.54) is 32.2 Å². The predicted octanol–water partition coefficient (Wildman–Crippen LogP) is 1.49. The third-order valence-electron chi connectivity index (χ3n) is 3.02. The first-order valence-electron chi connectivity index (χ1n) is 6.32. The molecule has 3 heteroatoms. The average Bonchev–Trinajstić information content (AvgIpc) is 2.47. The minimum atomic E-state index is 0.694. The highest BCUT2D eigenvalue weighted by atomic mass is 16.5. The number of hydrogen-bond donors (Lipinski definition) is 1. The van der Waals surface area contributed by atoms with Gasteiger partial charge < -0.3 is 15.0 Å². The molecule has 1 saturated heterocycles. The van der Waals surface area contributed by atoms with Crippen molar-refractivity contribution in [2.24, 2.45) is 0 Å². The number of rotatable bonds is 6. The van der Waals surface area contributed by atoms with E-state index in [4.69, 9.17) is 4.74 Å². The van der Waals surface area contributed by atoms with E-state index < -0.39 is 0 Å². The fraction of sp³-hybridized carbons (Fsp3) is 1.00. The fourth-order valence-electron chi connectivity index (χ4n) is 2.09. The first kappa shape index (κ1) is 12.9. The molecule has 1 rings (SSSR count). The summed E-state index contributed by atoms with van der Waals surface area (Å²) in [5, 5.41) is 3.62. The first-order valence-corrected chi connectivity index (χ1v) is 6.32. The summed E-state index contributed by atoms with van der Waals surface area (Å²) in [4.78, 5) is 2.37. The Morgan fingerprint density at radius 3 is 3.00 bits per heavy atom. The SMILES string of the molecule is CCOCCN(C)CC1CCCCCN1. The van der Waals surface area contributed by atoms with E-state index in [1.54, 1.807) is 0 Å². The summed E-state index contributed by atoms with van der Waals surface area (Å²) in [6, 6.07) is 0.694. The van der Waals surface area contributed by atoms with E-state index in [0.717, 1.165) is 26.3 Å². The lowest BCUT2D eigenvalue weighted by Crippen LogP contribution is -2.40. The molecule has 3 nitrogen and oxygen atoms in total. The van der Waals surface area contributed by atoms with Gasteiger partial charge in [0.2, 0.25) is 0 Å². The second-order valence-corrected chi connectivity index (χ2v) is 4.46. The van der Waals surface area contributed by atoms with Crippen LogP contribution >= 0.6 is 0 Å². The van der Waals surface area contributed by atoms with Gasteiger partial charge in [-0.3, -0.25) is 0 Å². The van der Waals surface area contributed by atoms with Crippen LogP contribution in [0, 0.1) is 0 Å². The van der Waals surface area contributed by atoms with Gasteiger partial charge >= 0.3 is 0 Å². The molecule has 0 aromatic heterocycles. The van der Waals surface area contributed by atoms with Gasteiger partial charge in [-0.15, -0.1) is 0 Å². The molecule has 0 bridgehead atoms. The lowest BCUT2D eigenvalue weighted by Gasteiger charge is -2.23. The molecule has 15 heavy (non-hydrogen) atoms. The van der Waals surface area contributed by atoms with Crippen LogP contribution in [0.2, 0.25) is 0 Å². The van der Waals surface area contributed by atoms with Gasteiger partial charge in [0.25, 0.3) is 0 Å². The molecule has 90 valence electrons. The summed E-state index contributed by atoms with van der Waals surface area (Å²) in [7, 11) is 2.19. The predicted molar refractivity (Wildman–Crippen MR) is 64.2 cm³/mol. The topological polar surface area (TPSA) is 24.5 Å². The first-order chi connectivity index (χ1) is 7.33. The smallest absolute Gasteiger partial charge is 0.0593 e. The standard InChI is InChI=1S/C12H26N2O/c1-3-15-10-9-14(2)11-12-7-5-4-6-8-13-12/h12-13H,3-11H2,1-2H3. The molecule has 1 aliphatic rings. The number of hydrogen-bond acceptors (Lipinski definition) is 3. The highest BCUT2D eigenvalue weighted by Crippen LogP contribution is 2.08. The summed E-state index contributed by atoms with van der Waals surface area (Å²) in [5.41, 5.74) is 0. The van der Waals surface area contributed by atoms with Crippen molar-refractivity contribution in [2.75, 3.05) is 39.9 Å². The number of likely N-dealkylation sites (N-methyl/N-ethyl adjacent to an activating group) is 1. The summed E-state index contributed by atoms with van der Waals surface area (Å²) >= 11 is 0. The minimum absolute atomic E-state index is 0.694. The van der Waals surface area contributed by atoms with Crippen LogP contribution in [0.15, 0.2) is 0 Å². The Morgan fingerprint density at radius 1 is 1.33 bits per heavy atom. The summed E-state index contributed by atoms with van der Waals surface area (Å²) < 4.78 is 5.36. The van der Waals surface area contributed by atoms with Crippen molar-refractivity contribution in [2.45, 2.75) is 38.6 Å². The zero-order valence-corrected chi connectivity index (χ0v) is 10.3. The van der Waals surface area contributed by atoms with Crippen molar-refractivity contribution in [3.05, 3.63) is 0 Å². The molecule has 1 aliphatic heterocycles. The Kier molecular flexibility index (Phi) is 6.98. The zero-order valence-electron chi connectivity index (χ0n) is 10.3. The van der Waals surface area contributed by atoms with Crippen LogP contribution < -0.4 is 5.32 Å². The Hall–Kier alpha value is -0.120. The van der Waals surface area contributed by atoms with Crippen LogP contribution in [0.25, 0.3) is 0 Å². The van der Waals surface area contributed by atoms with Gasteiger partial charge in [-0.2, -0.15) is 0 Å². The normalized spacial score (nSPS) is 23.0. The van der Waals surface area contributed by atoms with Gasteiger partial charge in [0.15, 0.2) is 0 Å². The molecule has 0 spiro atoms. The van der Waals surface area contributed by atoms with Gasteiger partial charge in [-0.05, 0) is 33.4 Å². The summed E-state index contributed by atoms with van der Waals surface area (Å²) in [6.07, 6.45) is 5.46. The summed E-state index contributed by atoms with van der Waals surface area (Å²) in [6.45, 7) is 7.14. The van der Waals surface area contributed by atoms with Crippen molar-refractivity contribution < 1.29 is 4.74 Å². The third kappa shape index (κ3) is 6.13.